The minimum atomic E-state index is 0.926. The van der Waals surface area contributed by atoms with Crippen LogP contribution in [0.5, 0.6) is 0 Å². The number of nitrogens with zero attached hydrogens (tertiary/aromatic N) is 20. The maximum atomic E-state index is 5.79. The number of pyridine rings is 1. The SMILES string of the molecule is CC.CC.CC.CC.CC.CC.CC.Cc1cc2oc3ccccc3c2cc1C.Cc1cc2sc3ccccc3c2cc1-c1n(C)nc(C)[n+]1C.Cc1cncnc1-c1n(C)nc(C)[n+]1C.Cc1ncccc1-c1n(C)nc(C)[n+]1C.Cc1ncncc1-c1n(C)nc(C)[n+]1C.Cc1nn(C)c[n+]1C. The second-order valence-electron chi connectivity index (χ2n) is 22.7. The number of fused-ring (bicyclic) bond motifs is 6. The van der Waals surface area contributed by atoms with Crippen molar-refractivity contribution in [1.82, 2.24) is 73.8 Å². The van der Waals surface area contributed by atoms with Crippen molar-refractivity contribution in [2.45, 2.75) is 173 Å². The molecule has 0 aliphatic rings. The minimum absolute atomic E-state index is 0.926. The van der Waals surface area contributed by atoms with Crippen molar-refractivity contribution in [2.24, 2.45) is 70.5 Å². The highest BCUT2D eigenvalue weighted by atomic mass is 32.1. The lowest BCUT2D eigenvalue weighted by Gasteiger charge is -2.04. The van der Waals surface area contributed by atoms with E-state index in [1.165, 1.54) is 53.2 Å². The quantitative estimate of drug-likeness (QED) is 0.153. The molecule has 0 unspecified atom stereocenters. The van der Waals surface area contributed by atoms with Crippen LogP contribution in [0.15, 0.2) is 127 Å². The zero-order valence-electron chi connectivity index (χ0n) is 69.8. The van der Waals surface area contributed by atoms with Gasteiger partial charge in [-0.1, -0.05) is 133 Å². The molecule has 0 N–H and O–H groups in total. The topological polar surface area (TPSA) is 186 Å². The van der Waals surface area contributed by atoms with Gasteiger partial charge in [0.25, 0.3) is 52.4 Å². The molecule has 0 atom stereocenters. The molecule has 21 nitrogen and oxygen atoms in total. The van der Waals surface area contributed by atoms with E-state index in [4.69, 9.17) is 4.42 Å². The molecule has 22 heteroatoms. The predicted octanol–water partition coefficient (Wildman–Crippen LogP) is 16.4. The van der Waals surface area contributed by atoms with Gasteiger partial charge in [-0.3, -0.25) is 4.98 Å². The fraction of sp³-hybridized carbons (Fsp3) is 0.427. The van der Waals surface area contributed by atoms with Crippen molar-refractivity contribution >= 4 is 53.4 Å². The van der Waals surface area contributed by atoms with Crippen LogP contribution in [0.4, 0.5) is 0 Å². The van der Waals surface area contributed by atoms with Gasteiger partial charge >= 0.3 is 0 Å². The molecule has 0 saturated heterocycles. The van der Waals surface area contributed by atoms with Crippen LogP contribution in [0.25, 0.3) is 87.8 Å². The molecule has 0 spiro atoms. The Kier molecular flexibility index (Phi) is 38.4. The van der Waals surface area contributed by atoms with E-state index < -0.39 is 0 Å². The number of furan rings is 1. The lowest BCUT2D eigenvalue weighted by molar-refractivity contribution is -0.678. The van der Waals surface area contributed by atoms with E-state index in [9.17, 15) is 0 Å². The van der Waals surface area contributed by atoms with Crippen LogP contribution in [0.1, 0.15) is 160 Å². The van der Waals surface area contributed by atoms with Crippen LogP contribution in [0.2, 0.25) is 0 Å². The Morgan fingerprint density at radius 2 is 0.808 bits per heavy atom. The highest BCUT2D eigenvalue weighted by molar-refractivity contribution is 7.25. The summed E-state index contributed by atoms with van der Waals surface area (Å²) in [6, 6.07) is 29.8. The second-order valence-corrected chi connectivity index (χ2v) is 23.7. The molecular weight excluding hydrogens is 1310 g/mol. The van der Waals surface area contributed by atoms with Gasteiger partial charge in [0, 0.05) is 110 Å². The van der Waals surface area contributed by atoms with Gasteiger partial charge in [-0.15, -0.1) is 34.7 Å². The summed E-state index contributed by atoms with van der Waals surface area (Å²) in [7, 11) is 19.8. The molecule has 0 aliphatic carbocycles. The van der Waals surface area contributed by atoms with Gasteiger partial charge < -0.3 is 4.42 Å². The van der Waals surface area contributed by atoms with Gasteiger partial charge in [0.05, 0.1) is 98.6 Å². The van der Waals surface area contributed by atoms with E-state index in [1.54, 1.807) is 17.3 Å². The highest BCUT2D eigenvalue weighted by Crippen LogP contribution is 2.37. The molecule has 0 amide bonds. The summed E-state index contributed by atoms with van der Waals surface area (Å²) in [5.41, 5.74) is 13.2. The Morgan fingerprint density at radius 1 is 0.356 bits per heavy atom. The van der Waals surface area contributed by atoms with Crippen molar-refractivity contribution in [2.75, 3.05) is 0 Å². The zero-order chi connectivity index (χ0) is 79.0. The van der Waals surface area contributed by atoms with Gasteiger partial charge in [-0.25, -0.2) is 42.8 Å². The molecule has 0 bridgehead atoms. The molecule has 560 valence electrons. The summed E-state index contributed by atoms with van der Waals surface area (Å²) < 4.78 is 28.1. The minimum Gasteiger partial charge on any atom is -0.456 e. The average Bonchev–Trinajstić information content (AvgIpc) is 1.56. The van der Waals surface area contributed by atoms with Crippen molar-refractivity contribution in [3.8, 4) is 45.7 Å². The standard InChI is InChI=1S/C18H18N3S.C14H12O.C11H15N4.2C10H14N5.C5H10N3.7C2H6/c1-11-9-17-15(13-7-5-6-8-16(13)22-17)10-14(11)18-20(3)12(2)19-21(18)4;1-9-7-12-11-5-3-4-6-13(11)15-14(12)8-10(9)2;1-8-10(6-5-7-12-8)11-14(3)9(2)13-15(11)4;1-7-9(5-11-6-12-7)10-14(3)8(2)13-15(10)4;1-7-5-11-6-12-9(7)10-14(3)8(2)13-15(10)4;1-5-6-8(3)4-7(5)2;7*1-2/h5-10H,1-4H3;3-8H,1-2H3;5-7H,1-4H3;2*5-6H,1-4H3;4H,1-3H3;7*1-2H3/q+1;;4*+1;;;;;;;. The highest BCUT2D eigenvalue weighted by Gasteiger charge is 2.25. The first-order chi connectivity index (χ1) is 49.8. The Morgan fingerprint density at radius 3 is 1.27 bits per heavy atom. The fourth-order valence-electron chi connectivity index (χ4n) is 10.9. The van der Waals surface area contributed by atoms with Crippen molar-refractivity contribution in [1.29, 1.82) is 0 Å². The van der Waals surface area contributed by atoms with E-state index in [-0.39, 0.29) is 0 Å². The van der Waals surface area contributed by atoms with E-state index >= 15 is 0 Å². The molecule has 14 rings (SSSR count). The van der Waals surface area contributed by atoms with Gasteiger partial charge in [-0.2, -0.15) is 0 Å². The molecule has 10 aromatic heterocycles. The first-order valence-corrected chi connectivity index (χ1v) is 37.4. The molecule has 104 heavy (non-hydrogen) atoms. The maximum Gasteiger partial charge on any atom is 0.286 e. The summed E-state index contributed by atoms with van der Waals surface area (Å²) >= 11 is 1.86. The van der Waals surface area contributed by atoms with E-state index in [2.05, 4.69) is 148 Å². The van der Waals surface area contributed by atoms with Crippen LogP contribution in [0, 0.1) is 76.2 Å². The van der Waals surface area contributed by atoms with E-state index in [0.29, 0.717) is 0 Å². The third-order valence-electron chi connectivity index (χ3n) is 16.2. The number of aryl methyl sites for hydroxylation is 17. The van der Waals surface area contributed by atoms with Crippen LogP contribution in [-0.4, -0.2) is 73.8 Å². The second kappa shape index (κ2) is 44.4. The summed E-state index contributed by atoms with van der Waals surface area (Å²) in [5.74, 6) is 9.22. The molecule has 4 aromatic carbocycles. The first kappa shape index (κ1) is 90.0. The van der Waals surface area contributed by atoms with Gasteiger partial charge in [0.1, 0.15) is 29.5 Å². The van der Waals surface area contributed by atoms with Crippen molar-refractivity contribution in [3.05, 3.63) is 185 Å². The molecule has 10 heterocycles. The smallest absolute Gasteiger partial charge is 0.286 e. The maximum absolute atomic E-state index is 5.79. The number of hydrogen-bond acceptors (Lipinski definition) is 12. The van der Waals surface area contributed by atoms with Gasteiger partial charge in [-0.05, 0) is 112 Å². The number of para-hydroxylation sites is 1. The van der Waals surface area contributed by atoms with E-state index in [0.717, 1.165) is 97.4 Å². The lowest BCUT2D eigenvalue weighted by Crippen LogP contribution is -2.33. The normalized spacial score (nSPS) is 9.88. The molecule has 14 aromatic rings. The summed E-state index contributed by atoms with van der Waals surface area (Å²) in [5, 5.41) is 26.8. The monoisotopic (exact) mass is 1440 g/mol. The molecule has 0 saturated carbocycles. The number of benzene rings is 4. The van der Waals surface area contributed by atoms with E-state index in [1.807, 2.05) is 309 Å². The molecule has 0 fully saturated rings. The Hall–Kier alpha value is -10.1. The summed E-state index contributed by atoms with van der Waals surface area (Å²) in [6.07, 6.45) is 10.5. The third-order valence-corrected chi connectivity index (χ3v) is 17.4. The first-order valence-electron chi connectivity index (χ1n) is 36.6. The summed E-state index contributed by atoms with van der Waals surface area (Å²) in [6.45, 7) is 50.4. The van der Waals surface area contributed by atoms with Gasteiger partial charge in [0.2, 0.25) is 6.33 Å². The third kappa shape index (κ3) is 22.2. The number of hydrogen-bond donors (Lipinski definition) is 0. The Labute approximate surface area is 625 Å². The fourth-order valence-corrected chi connectivity index (χ4v) is 12.1. The zero-order valence-corrected chi connectivity index (χ0v) is 70.6. The molecule has 0 aliphatic heterocycles. The van der Waals surface area contributed by atoms with Crippen LogP contribution < -0.4 is 22.8 Å². The Balaban J connectivity index is 0.000000416. The number of thiophene rings is 1. The van der Waals surface area contributed by atoms with Crippen molar-refractivity contribution < 1.29 is 27.3 Å². The number of aromatic nitrogens is 20. The average molecular weight is 1440 g/mol. The predicted molar refractivity (Wildman–Crippen MR) is 431 cm³/mol. The van der Waals surface area contributed by atoms with Crippen LogP contribution in [0.3, 0.4) is 0 Å². The van der Waals surface area contributed by atoms with Crippen molar-refractivity contribution in [3.63, 3.8) is 0 Å². The van der Waals surface area contributed by atoms with Crippen LogP contribution in [-0.2, 0) is 70.5 Å². The number of rotatable bonds is 4. The lowest BCUT2D eigenvalue weighted by atomic mass is 10.0. The largest absolute Gasteiger partial charge is 0.456 e. The summed E-state index contributed by atoms with van der Waals surface area (Å²) in [4.78, 5) is 20.8. The van der Waals surface area contributed by atoms with Gasteiger partial charge in [0.15, 0.2) is 0 Å². The molecular formula is C82H125N20OS+5. The Bertz CT molecular complexity index is 4660. The van der Waals surface area contributed by atoms with Crippen LogP contribution >= 0.6 is 11.3 Å². The molecule has 0 radical (unpaired) electrons.